The molecule has 18 heavy (non-hydrogen) atoms. The molecule has 0 radical (unpaired) electrons. The van der Waals surface area contributed by atoms with Gasteiger partial charge in [0.1, 0.15) is 11.8 Å². The van der Waals surface area contributed by atoms with E-state index in [0.717, 1.165) is 12.0 Å². The highest BCUT2D eigenvalue weighted by atomic mass is 16.4. The first-order valence-corrected chi connectivity index (χ1v) is 5.87. The Hall–Kier alpha value is -1.93. The lowest BCUT2D eigenvalue weighted by molar-refractivity contribution is -0.139. The number of aromatic nitrogens is 1. The summed E-state index contributed by atoms with van der Waals surface area (Å²) in [6.07, 6.45) is 2.45. The standard InChI is InChI=1S/C13H17N3O2/c1-3-10(2)16(9-13(17)18)8-11-4-5-15-12(6-11)7-14/h4-6,10H,3,8-9H2,1-2H3,(H,17,18). The molecule has 0 bridgehead atoms. The molecule has 0 saturated heterocycles. The maximum absolute atomic E-state index is 10.8. The van der Waals surface area contributed by atoms with Crippen LogP contribution in [0, 0.1) is 11.3 Å². The van der Waals surface area contributed by atoms with E-state index in [4.69, 9.17) is 10.4 Å². The van der Waals surface area contributed by atoms with Gasteiger partial charge in [0.25, 0.3) is 0 Å². The highest BCUT2D eigenvalue weighted by Gasteiger charge is 2.16. The number of carboxylic acid groups (broad SMARTS) is 1. The van der Waals surface area contributed by atoms with E-state index in [1.807, 2.05) is 24.8 Å². The summed E-state index contributed by atoms with van der Waals surface area (Å²) in [6.45, 7) is 4.53. The van der Waals surface area contributed by atoms with Crippen molar-refractivity contribution in [3.63, 3.8) is 0 Å². The van der Waals surface area contributed by atoms with Crippen molar-refractivity contribution >= 4 is 5.97 Å². The summed E-state index contributed by atoms with van der Waals surface area (Å²) in [6, 6.07) is 5.65. The number of carbonyl (C=O) groups is 1. The van der Waals surface area contributed by atoms with Crippen molar-refractivity contribution in [2.75, 3.05) is 6.54 Å². The lowest BCUT2D eigenvalue weighted by atomic mass is 10.1. The van der Waals surface area contributed by atoms with Gasteiger partial charge < -0.3 is 5.11 Å². The molecule has 1 aromatic heterocycles. The Balaban J connectivity index is 2.81. The summed E-state index contributed by atoms with van der Waals surface area (Å²) in [5, 5.41) is 17.7. The van der Waals surface area contributed by atoms with Gasteiger partial charge in [0.15, 0.2) is 0 Å². The van der Waals surface area contributed by atoms with Gasteiger partial charge in [0, 0.05) is 18.8 Å². The minimum atomic E-state index is -0.843. The van der Waals surface area contributed by atoms with E-state index < -0.39 is 5.97 Å². The highest BCUT2D eigenvalue weighted by Crippen LogP contribution is 2.10. The van der Waals surface area contributed by atoms with Crippen LogP contribution in [-0.4, -0.2) is 33.5 Å². The fraction of sp³-hybridized carbons (Fsp3) is 0.462. The van der Waals surface area contributed by atoms with E-state index in [0.29, 0.717) is 12.2 Å². The molecule has 1 N–H and O–H groups in total. The van der Waals surface area contributed by atoms with Gasteiger partial charge in [-0.3, -0.25) is 9.69 Å². The summed E-state index contributed by atoms with van der Waals surface area (Å²) in [5.74, 6) is -0.843. The minimum absolute atomic E-state index is 0.000777. The molecular weight excluding hydrogens is 230 g/mol. The quantitative estimate of drug-likeness (QED) is 0.826. The summed E-state index contributed by atoms with van der Waals surface area (Å²) in [4.78, 5) is 16.6. The van der Waals surface area contributed by atoms with Crippen molar-refractivity contribution in [3.05, 3.63) is 29.6 Å². The number of rotatable bonds is 6. The number of aliphatic carboxylic acids is 1. The number of carboxylic acids is 1. The Morgan fingerprint density at radius 2 is 2.39 bits per heavy atom. The van der Waals surface area contributed by atoms with Crippen molar-refractivity contribution in [1.82, 2.24) is 9.88 Å². The molecule has 96 valence electrons. The molecule has 1 heterocycles. The van der Waals surface area contributed by atoms with E-state index in [1.54, 1.807) is 18.3 Å². The zero-order chi connectivity index (χ0) is 13.5. The van der Waals surface area contributed by atoms with Crippen LogP contribution >= 0.6 is 0 Å². The normalized spacial score (nSPS) is 12.1. The van der Waals surface area contributed by atoms with Crippen LogP contribution in [-0.2, 0) is 11.3 Å². The average molecular weight is 247 g/mol. The zero-order valence-corrected chi connectivity index (χ0v) is 10.6. The van der Waals surface area contributed by atoms with Gasteiger partial charge in [-0.1, -0.05) is 6.92 Å². The highest BCUT2D eigenvalue weighted by molar-refractivity contribution is 5.69. The first kappa shape index (κ1) is 14.1. The molecule has 0 aliphatic rings. The lowest BCUT2D eigenvalue weighted by Gasteiger charge is -2.26. The van der Waals surface area contributed by atoms with Crippen LogP contribution in [0.2, 0.25) is 0 Å². The number of nitriles is 1. The van der Waals surface area contributed by atoms with Crippen molar-refractivity contribution in [3.8, 4) is 6.07 Å². The Bertz CT molecular complexity index is 454. The molecule has 1 rings (SSSR count). The van der Waals surface area contributed by atoms with Gasteiger partial charge in [0.2, 0.25) is 0 Å². The minimum Gasteiger partial charge on any atom is -0.480 e. The Morgan fingerprint density at radius 3 is 2.94 bits per heavy atom. The van der Waals surface area contributed by atoms with Gasteiger partial charge in [-0.05, 0) is 31.0 Å². The van der Waals surface area contributed by atoms with Crippen molar-refractivity contribution in [2.45, 2.75) is 32.9 Å². The summed E-state index contributed by atoms with van der Waals surface area (Å²) < 4.78 is 0. The summed E-state index contributed by atoms with van der Waals surface area (Å²) >= 11 is 0. The molecule has 5 nitrogen and oxygen atoms in total. The Kier molecular flexibility index (Phi) is 5.28. The first-order chi connectivity index (χ1) is 8.56. The topological polar surface area (TPSA) is 77.2 Å². The maximum Gasteiger partial charge on any atom is 0.317 e. The summed E-state index contributed by atoms with van der Waals surface area (Å²) in [5.41, 5.74) is 1.26. The molecule has 1 unspecified atom stereocenters. The predicted octanol–water partition coefficient (Wildman–Crippen LogP) is 1.64. The van der Waals surface area contributed by atoms with Crippen molar-refractivity contribution in [2.24, 2.45) is 0 Å². The Morgan fingerprint density at radius 1 is 1.67 bits per heavy atom. The molecule has 0 aliphatic carbocycles. The van der Waals surface area contributed by atoms with Crippen LogP contribution in [0.4, 0.5) is 0 Å². The molecule has 0 fully saturated rings. The molecule has 0 amide bonds. The predicted molar refractivity (Wildman–Crippen MR) is 66.8 cm³/mol. The fourth-order valence-corrected chi connectivity index (χ4v) is 1.67. The third-order valence-corrected chi connectivity index (χ3v) is 2.88. The second-order valence-corrected chi connectivity index (χ2v) is 4.22. The van der Waals surface area contributed by atoms with Crippen LogP contribution in [0.1, 0.15) is 31.5 Å². The third-order valence-electron chi connectivity index (χ3n) is 2.88. The van der Waals surface area contributed by atoms with Crippen LogP contribution in [0.5, 0.6) is 0 Å². The molecule has 1 aromatic rings. The molecule has 1 atom stereocenters. The third kappa shape index (κ3) is 4.15. The second kappa shape index (κ2) is 6.72. The van der Waals surface area contributed by atoms with Crippen LogP contribution < -0.4 is 0 Å². The zero-order valence-electron chi connectivity index (χ0n) is 10.6. The Labute approximate surface area is 107 Å². The molecule has 5 heteroatoms. The number of nitrogens with zero attached hydrogens (tertiary/aromatic N) is 3. The van der Waals surface area contributed by atoms with Gasteiger partial charge >= 0.3 is 5.97 Å². The molecule has 0 aliphatic heterocycles. The van der Waals surface area contributed by atoms with E-state index in [2.05, 4.69) is 4.98 Å². The lowest BCUT2D eigenvalue weighted by Crippen LogP contribution is -2.36. The molecule has 0 aromatic carbocycles. The maximum atomic E-state index is 10.8. The molecule has 0 spiro atoms. The van der Waals surface area contributed by atoms with Crippen LogP contribution in [0.3, 0.4) is 0 Å². The molecule has 0 saturated carbocycles. The van der Waals surface area contributed by atoms with Crippen molar-refractivity contribution in [1.29, 1.82) is 5.26 Å². The van der Waals surface area contributed by atoms with Gasteiger partial charge in [-0.25, -0.2) is 4.98 Å². The van der Waals surface area contributed by atoms with E-state index >= 15 is 0 Å². The smallest absolute Gasteiger partial charge is 0.317 e. The number of hydrogen-bond donors (Lipinski definition) is 1. The number of pyridine rings is 1. The van der Waals surface area contributed by atoms with Gasteiger partial charge in [-0.15, -0.1) is 0 Å². The first-order valence-electron chi connectivity index (χ1n) is 5.87. The van der Waals surface area contributed by atoms with Crippen LogP contribution in [0.15, 0.2) is 18.3 Å². The molecular formula is C13H17N3O2. The number of hydrogen-bond acceptors (Lipinski definition) is 4. The summed E-state index contributed by atoms with van der Waals surface area (Å²) in [7, 11) is 0. The van der Waals surface area contributed by atoms with Crippen LogP contribution in [0.25, 0.3) is 0 Å². The monoisotopic (exact) mass is 247 g/mol. The van der Waals surface area contributed by atoms with E-state index in [1.165, 1.54) is 0 Å². The van der Waals surface area contributed by atoms with E-state index in [9.17, 15) is 4.79 Å². The SMILES string of the molecule is CCC(C)N(CC(=O)O)Cc1ccnc(C#N)c1. The van der Waals surface area contributed by atoms with E-state index in [-0.39, 0.29) is 12.6 Å². The van der Waals surface area contributed by atoms with Crippen molar-refractivity contribution < 1.29 is 9.90 Å². The fourth-order valence-electron chi connectivity index (χ4n) is 1.67. The second-order valence-electron chi connectivity index (χ2n) is 4.22. The van der Waals surface area contributed by atoms with Gasteiger partial charge in [-0.2, -0.15) is 5.26 Å². The largest absolute Gasteiger partial charge is 0.480 e. The average Bonchev–Trinajstić information content (AvgIpc) is 2.36. The van der Waals surface area contributed by atoms with Gasteiger partial charge in [0.05, 0.1) is 6.54 Å².